The zero-order valence-electron chi connectivity index (χ0n) is 9.62. The first-order chi connectivity index (χ1) is 8.83. The molecule has 0 aromatic rings. The van der Waals surface area contributed by atoms with Crippen molar-refractivity contribution in [2.75, 3.05) is 13.2 Å². The molecule has 0 saturated carbocycles. The minimum Gasteiger partial charge on any atom is -0.353 e. The maximum Gasteiger partial charge on any atom is 0.460 e. The van der Waals surface area contributed by atoms with Crippen molar-refractivity contribution in [1.29, 1.82) is 0 Å². The fraction of sp³-hybridized carbons (Fsp3) is 1.00. The van der Waals surface area contributed by atoms with Crippen molar-refractivity contribution in [2.45, 2.75) is 43.1 Å². The minimum atomic E-state index is -6.89. The quantitative estimate of drug-likeness (QED) is 0.721. The first-order valence-corrected chi connectivity index (χ1v) is 5.26. The summed E-state index contributed by atoms with van der Waals surface area (Å²) in [6.07, 6.45) is -7.72. The minimum absolute atomic E-state index is 0.0529. The van der Waals surface area contributed by atoms with Crippen molar-refractivity contribution in [3.8, 4) is 0 Å². The van der Waals surface area contributed by atoms with Crippen LogP contribution in [0.1, 0.15) is 12.8 Å². The summed E-state index contributed by atoms with van der Waals surface area (Å²) in [5.41, 5.74) is 0. The van der Waals surface area contributed by atoms with Gasteiger partial charge in [-0.25, -0.2) is 0 Å². The summed E-state index contributed by atoms with van der Waals surface area (Å²) < 4.78 is 121. The average Bonchev–Trinajstić information content (AvgIpc) is 2.77. The lowest BCUT2D eigenvalue weighted by Gasteiger charge is -2.33. The fourth-order valence-corrected chi connectivity index (χ4v) is 1.38. The van der Waals surface area contributed by atoms with Gasteiger partial charge < -0.3 is 9.47 Å². The maximum atomic E-state index is 13.0. The lowest BCUT2D eigenvalue weighted by molar-refractivity contribution is -0.402. The molecule has 1 heterocycles. The van der Waals surface area contributed by atoms with Crippen LogP contribution in [0.3, 0.4) is 0 Å². The van der Waals surface area contributed by atoms with Gasteiger partial charge in [0.2, 0.25) is 0 Å². The number of hydrogen-bond donors (Lipinski definition) is 0. The molecule has 2 nitrogen and oxygen atoms in total. The van der Waals surface area contributed by atoms with Crippen LogP contribution in [0.25, 0.3) is 0 Å². The second-order valence-electron chi connectivity index (χ2n) is 4.10. The summed E-state index contributed by atoms with van der Waals surface area (Å²) in [5, 5.41) is 0. The number of rotatable bonds is 5. The maximum absolute atomic E-state index is 13.0. The van der Waals surface area contributed by atoms with E-state index >= 15 is 0 Å². The van der Waals surface area contributed by atoms with Gasteiger partial charge in [0.05, 0.1) is 0 Å². The molecule has 0 N–H and O–H groups in total. The molecule has 1 rings (SSSR count). The van der Waals surface area contributed by atoms with E-state index in [1.807, 2.05) is 0 Å². The first-order valence-electron chi connectivity index (χ1n) is 5.26. The summed E-state index contributed by atoms with van der Waals surface area (Å²) in [4.78, 5) is 0. The third kappa shape index (κ3) is 2.97. The molecule has 0 aromatic heterocycles. The van der Waals surface area contributed by atoms with Crippen LogP contribution in [0, 0.1) is 0 Å². The molecule has 1 fully saturated rings. The van der Waals surface area contributed by atoms with E-state index in [1.165, 1.54) is 0 Å². The van der Waals surface area contributed by atoms with Gasteiger partial charge in [-0.15, -0.1) is 0 Å². The largest absolute Gasteiger partial charge is 0.460 e. The third-order valence-electron chi connectivity index (χ3n) is 2.55. The SMILES string of the molecule is FC(F)(F)C(F)(F)C(F)(F)C(F)(F)COC1CCCO1. The summed E-state index contributed by atoms with van der Waals surface area (Å²) in [5.74, 6) is -19.2. The monoisotopic (exact) mass is 320 g/mol. The Hall–Kier alpha value is -0.710. The number of halogens is 9. The molecule has 0 amide bonds. The highest BCUT2D eigenvalue weighted by molar-refractivity contribution is 5.00. The molecule has 1 aliphatic heterocycles. The van der Waals surface area contributed by atoms with Crippen molar-refractivity contribution in [3.05, 3.63) is 0 Å². The van der Waals surface area contributed by atoms with Gasteiger partial charge in [-0.05, 0) is 6.42 Å². The molecular weight excluding hydrogens is 311 g/mol. The van der Waals surface area contributed by atoms with Crippen LogP contribution in [0.4, 0.5) is 39.5 Å². The Labute approximate surface area is 106 Å². The Kier molecular flexibility index (Phi) is 4.55. The van der Waals surface area contributed by atoms with Crippen molar-refractivity contribution in [2.24, 2.45) is 0 Å². The highest BCUT2D eigenvalue weighted by Crippen LogP contribution is 2.53. The second kappa shape index (κ2) is 5.24. The molecule has 11 heteroatoms. The van der Waals surface area contributed by atoms with E-state index in [0.717, 1.165) is 0 Å². The number of alkyl halides is 9. The Morgan fingerprint density at radius 2 is 1.45 bits per heavy atom. The Balaban J connectivity index is 2.82. The van der Waals surface area contributed by atoms with Crippen LogP contribution in [-0.4, -0.2) is 43.4 Å². The Morgan fingerprint density at radius 3 is 1.85 bits per heavy atom. The van der Waals surface area contributed by atoms with E-state index in [-0.39, 0.29) is 13.0 Å². The summed E-state index contributed by atoms with van der Waals surface area (Å²) in [6.45, 7) is -2.22. The van der Waals surface area contributed by atoms with Crippen LogP contribution >= 0.6 is 0 Å². The predicted molar refractivity (Wildman–Crippen MR) is 45.8 cm³/mol. The number of hydrogen-bond acceptors (Lipinski definition) is 2. The molecule has 1 saturated heterocycles. The van der Waals surface area contributed by atoms with E-state index in [2.05, 4.69) is 9.47 Å². The highest BCUT2D eigenvalue weighted by atomic mass is 19.4. The molecule has 0 bridgehead atoms. The predicted octanol–water partition coefficient (Wildman–Crippen LogP) is 3.61. The molecule has 0 radical (unpaired) electrons. The van der Waals surface area contributed by atoms with Crippen LogP contribution in [0.15, 0.2) is 0 Å². The van der Waals surface area contributed by atoms with Gasteiger partial charge in [0.25, 0.3) is 0 Å². The molecule has 1 atom stereocenters. The summed E-state index contributed by atoms with van der Waals surface area (Å²) >= 11 is 0. The van der Waals surface area contributed by atoms with E-state index in [9.17, 15) is 39.5 Å². The van der Waals surface area contributed by atoms with Crippen LogP contribution in [0.2, 0.25) is 0 Å². The van der Waals surface area contributed by atoms with Crippen LogP contribution in [-0.2, 0) is 9.47 Å². The molecule has 0 spiro atoms. The molecular formula is C9H9F9O2. The van der Waals surface area contributed by atoms with Crippen molar-refractivity contribution in [3.63, 3.8) is 0 Å². The lowest BCUT2D eigenvalue weighted by atomic mass is 10.0. The fourth-order valence-electron chi connectivity index (χ4n) is 1.38. The third-order valence-corrected chi connectivity index (χ3v) is 2.55. The van der Waals surface area contributed by atoms with Crippen molar-refractivity contribution < 1.29 is 49.0 Å². The highest BCUT2D eigenvalue weighted by Gasteiger charge is 2.81. The van der Waals surface area contributed by atoms with Gasteiger partial charge in [0, 0.05) is 13.0 Å². The molecule has 0 aliphatic carbocycles. The molecule has 1 aliphatic rings. The average molecular weight is 320 g/mol. The van der Waals surface area contributed by atoms with Gasteiger partial charge in [-0.1, -0.05) is 0 Å². The second-order valence-corrected chi connectivity index (χ2v) is 4.10. The first kappa shape index (κ1) is 17.3. The van der Waals surface area contributed by atoms with Gasteiger partial charge in [-0.3, -0.25) is 0 Å². The molecule has 1 unspecified atom stereocenters. The standard InChI is InChI=1S/C9H9F9O2/c10-6(11,4-20-5-2-1-3-19-5)7(12,13)8(14,15)9(16,17)18/h5H,1-4H2. The molecule has 120 valence electrons. The van der Waals surface area contributed by atoms with Crippen molar-refractivity contribution >= 4 is 0 Å². The smallest absolute Gasteiger partial charge is 0.353 e. The topological polar surface area (TPSA) is 18.5 Å². The van der Waals surface area contributed by atoms with Crippen molar-refractivity contribution in [1.82, 2.24) is 0 Å². The summed E-state index contributed by atoms with van der Waals surface area (Å²) in [7, 11) is 0. The molecule has 0 aromatic carbocycles. The van der Waals surface area contributed by atoms with E-state index < -0.39 is 36.8 Å². The van der Waals surface area contributed by atoms with E-state index in [1.54, 1.807) is 0 Å². The number of ether oxygens (including phenoxy) is 2. The zero-order chi connectivity index (χ0) is 15.8. The normalized spacial score (nSPS) is 22.4. The van der Waals surface area contributed by atoms with Gasteiger partial charge in [0.1, 0.15) is 6.61 Å². The Morgan fingerprint density at radius 1 is 0.900 bits per heavy atom. The Bertz CT molecular complexity index is 333. The zero-order valence-corrected chi connectivity index (χ0v) is 9.62. The van der Waals surface area contributed by atoms with Crippen LogP contribution < -0.4 is 0 Å². The van der Waals surface area contributed by atoms with Gasteiger partial charge in [-0.2, -0.15) is 39.5 Å². The van der Waals surface area contributed by atoms with Gasteiger partial charge >= 0.3 is 23.9 Å². The summed E-state index contributed by atoms with van der Waals surface area (Å²) in [6, 6.07) is 0. The van der Waals surface area contributed by atoms with E-state index in [0.29, 0.717) is 6.42 Å². The van der Waals surface area contributed by atoms with Crippen LogP contribution in [0.5, 0.6) is 0 Å². The molecule has 20 heavy (non-hydrogen) atoms. The van der Waals surface area contributed by atoms with E-state index in [4.69, 9.17) is 0 Å². The lowest BCUT2D eigenvalue weighted by Crippen LogP contribution is -2.62. The van der Waals surface area contributed by atoms with Gasteiger partial charge in [0.15, 0.2) is 6.29 Å².